The molecular weight excluding hydrogens is 328 g/mol. The molecule has 134 valence electrons. The Bertz CT molecular complexity index is 870. The van der Waals surface area contributed by atoms with Gasteiger partial charge in [0.25, 0.3) is 5.91 Å². The van der Waals surface area contributed by atoms with Gasteiger partial charge in [0.1, 0.15) is 5.69 Å². The van der Waals surface area contributed by atoms with Crippen molar-refractivity contribution >= 4 is 5.91 Å². The van der Waals surface area contributed by atoms with Crippen LogP contribution in [0.3, 0.4) is 0 Å². The normalized spacial score (nSPS) is 14.2. The molecule has 0 radical (unpaired) electrons. The molecule has 3 aromatic rings. The van der Waals surface area contributed by atoms with E-state index >= 15 is 0 Å². The number of benzene rings is 1. The molecule has 6 nitrogen and oxygen atoms in total. The van der Waals surface area contributed by atoms with Crippen molar-refractivity contribution in [2.45, 2.75) is 19.4 Å². The number of H-pyrrole nitrogens is 1. The summed E-state index contributed by atoms with van der Waals surface area (Å²) in [5.74, 6) is 0.505. The summed E-state index contributed by atoms with van der Waals surface area (Å²) < 4.78 is 5.29. The molecule has 26 heavy (non-hydrogen) atoms. The maximum Gasteiger partial charge on any atom is 0.271 e. The van der Waals surface area contributed by atoms with Crippen LogP contribution in [0.15, 0.2) is 53.1 Å². The van der Waals surface area contributed by atoms with E-state index in [1.807, 2.05) is 6.07 Å². The number of hydrogen-bond donors (Lipinski definition) is 2. The number of fused-ring (bicyclic) bond motifs is 1. The van der Waals surface area contributed by atoms with E-state index < -0.39 is 0 Å². The number of furan rings is 1. The highest BCUT2D eigenvalue weighted by Gasteiger charge is 2.16. The zero-order valence-electron chi connectivity index (χ0n) is 14.6. The molecular formula is C20H22N4O2. The Morgan fingerprint density at radius 2 is 2.12 bits per heavy atom. The minimum absolute atomic E-state index is 0.164. The topological polar surface area (TPSA) is 74.2 Å². The SMILES string of the molecule is O=C(NCCCN1CCc2ccccc2C1)c1cc(-c2ccco2)[nH]n1. The van der Waals surface area contributed by atoms with Gasteiger partial charge in [0.05, 0.1) is 6.26 Å². The van der Waals surface area contributed by atoms with Crippen LogP contribution in [-0.4, -0.2) is 40.6 Å². The number of carbonyl (C=O) groups is 1. The predicted molar refractivity (Wildman–Crippen MR) is 98.7 cm³/mol. The lowest BCUT2D eigenvalue weighted by Gasteiger charge is -2.28. The molecule has 1 aliphatic rings. The van der Waals surface area contributed by atoms with Gasteiger partial charge in [-0.05, 0) is 36.1 Å². The largest absolute Gasteiger partial charge is 0.463 e. The molecule has 0 saturated heterocycles. The smallest absolute Gasteiger partial charge is 0.271 e. The molecule has 0 aliphatic carbocycles. The summed E-state index contributed by atoms with van der Waals surface area (Å²) in [7, 11) is 0. The monoisotopic (exact) mass is 350 g/mol. The maximum atomic E-state index is 12.2. The van der Waals surface area contributed by atoms with Gasteiger partial charge in [-0.25, -0.2) is 0 Å². The third-order valence-corrected chi connectivity index (χ3v) is 4.74. The molecule has 2 N–H and O–H groups in total. The van der Waals surface area contributed by atoms with Crippen molar-refractivity contribution in [2.75, 3.05) is 19.6 Å². The number of amides is 1. The van der Waals surface area contributed by atoms with E-state index in [0.29, 0.717) is 23.7 Å². The number of aromatic amines is 1. The lowest BCUT2D eigenvalue weighted by atomic mass is 10.00. The van der Waals surface area contributed by atoms with E-state index in [-0.39, 0.29) is 5.91 Å². The summed E-state index contributed by atoms with van der Waals surface area (Å²) in [6.45, 7) is 3.69. The van der Waals surface area contributed by atoms with E-state index in [1.54, 1.807) is 18.4 Å². The van der Waals surface area contributed by atoms with Crippen molar-refractivity contribution in [1.29, 1.82) is 0 Å². The summed E-state index contributed by atoms with van der Waals surface area (Å²) >= 11 is 0. The van der Waals surface area contributed by atoms with Crippen LogP contribution in [0.1, 0.15) is 28.0 Å². The molecule has 0 spiro atoms. The van der Waals surface area contributed by atoms with E-state index in [9.17, 15) is 4.79 Å². The molecule has 0 atom stereocenters. The molecule has 4 rings (SSSR count). The van der Waals surface area contributed by atoms with Crippen molar-refractivity contribution in [2.24, 2.45) is 0 Å². The van der Waals surface area contributed by atoms with Gasteiger partial charge in [-0.15, -0.1) is 0 Å². The second-order valence-corrected chi connectivity index (χ2v) is 6.55. The second kappa shape index (κ2) is 7.58. The highest BCUT2D eigenvalue weighted by Crippen LogP contribution is 2.19. The van der Waals surface area contributed by atoms with Crippen LogP contribution in [0.25, 0.3) is 11.5 Å². The first kappa shape index (κ1) is 16.6. The molecule has 3 heterocycles. The number of aromatic nitrogens is 2. The number of rotatable bonds is 6. The average molecular weight is 350 g/mol. The van der Waals surface area contributed by atoms with Crippen LogP contribution in [0.4, 0.5) is 0 Å². The van der Waals surface area contributed by atoms with Crippen molar-refractivity contribution in [3.05, 3.63) is 65.5 Å². The van der Waals surface area contributed by atoms with Gasteiger partial charge < -0.3 is 9.73 Å². The Morgan fingerprint density at radius 1 is 1.23 bits per heavy atom. The Kier molecular flexibility index (Phi) is 4.84. The van der Waals surface area contributed by atoms with Crippen LogP contribution in [-0.2, 0) is 13.0 Å². The fraction of sp³-hybridized carbons (Fsp3) is 0.300. The van der Waals surface area contributed by atoms with E-state index in [4.69, 9.17) is 4.42 Å². The first-order valence-corrected chi connectivity index (χ1v) is 8.96. The molecule has 6 heteroatoms. The third-order valence-electron chi connectivity index (χ3n) is 4.74. The van der Waals surface area contributed by atoms with Crippen LogP contribution in [0.2, 0.25) is 0 Å². The molecule has 1 amide bonds. The molecule has 0 fully saturated rings. The number of nitrogens with zero attached hydrogens (tertiary/aromatic N) is 2. The third kappa shape index (κ3) is 3.70. The summed E-state index contributed by atoms with van der Waals surface area (Å²) in [5, 5.41) is 9.82. The lowest BCUT2D eigenvalue weighted by Crippen LogP contribution is -2.33. The van der Waals surface area contributed by atoms with Crippen LogP contribution in [0, 0.1) is 0 Å². The Balaban J connectivity index is 1.22. The fourth-order valence-corrected chi connectivity index (χ4v) is 3.34. The van der Waals surface area contributed by atoms with E-state index in [1.165, 1.54) is 11.1 Å². The first-order valence-electron chi connectivity index (χ1n) is 8.96. The Labute approximate surface area is 152 Å². The Hall–Kier alpha value is -2.86. The summed E-state index contributed by atoms with van der Waals surface area (Å²) in [4.78, 5) is 14.6. The second-order valence-electron chi connectivity index (χ2n) is 6.55. The van der Waals surface area contributed by atoms with E-state index in [2.05, 4.69) is 44.7 Å². The maximum absolute atomic E-state index is 12.2. The van der Waals surface area contributed by atoms with Gasteiger partial charge in [0.15, 0.2) is 11.5 Å². The first-order chi connectivity index (χ1) is 12.8. The van der Waals surface area contributed by atoms with Gasteiger partial charge in [-0.1, -0.05) is 24.3 Å². The van der Waals surface area contributed by atoms with Crippen molar-refractivity contribution in [1.82, 2.24) is 20.4 Å². The van der Waals surface area contributed by atoms with Crippen molar-refractivity contribution < 1.29 is 9.21 Å². The van der Waals surface area contributed by atoms with Gasteiger partial charge >= 0.3 is 0 Å². The van der Waals surface area contributed by atoms with Gasteiger partial charge in [-0.2, -0.15) is 5.10 Å². The summed E-state index contributed by atoms with van der Waals surface area (Å²) in [6.07, 6.45) is 3.61. The molecule has 0 unspecified atom stereocenters. The summed E-state index contributed by atoms with van der Waals surface area (Å²) in [6, 6.07) is 14.0. The fourth-order valence-electron chi connectivity index (χ4n) is 3.34. The molecule has 2 aromatic heterocycles. The van der Waals surface area contributed by atoms with Crippen molar-refractivity contribution in [3.8, 4) is 11.5 Å². The van der Waals surface area contributed by atoms with Crippen molar-refractivity contribution in [3.63, 3.8) is 0 Å². The van der Waals surface area contributed by atoms with Crippen LogP contribution < -0.4 is 5.32 Å². The number of hydrogen-bond acceptors (Lipinski definition) is 4. The van der Waals surface area contributed by atoms with Crippen LogP contribution >= 0.6 is 0 Å². The van der Waals surface area contributed by atoms with Crippen LogP contribution in [0.5, 0.6) is 0 Å². The molecule has 1 aromatic carbocycles. The summed E-state index contributed by atoms with van der Waals surface area (Å²) in [5.41, 5.74) is 3.96. The molecule has 0 saturated carbocycles. The number of nitrogens with one attached hydrogen (secondary N) is 2. The zero-order valence-corrected chi connectivity index (χ0v) is 14.6. The van der Waals surface area contributed by atoms with Gasteiger partial charge in [0.2, 0.25) is 0 Å². The molecule has 0 bridgehead atoms. The predicted octanol–water partition coefficient (Wildman–Crippen LogP) is 2.85. The Morgan fingerprint density at radius 3 is 2.96 bits per heavy atom. The average Bonchev–Trinajstić information content (AvgIpc) is 3.36. The highest BCUT2D eigenvalue weighted by molar-refractivity contribution is 5.93. The number of carbonyl (C=O) groups excluding carboxylic acids is 1. The van der Waals surface area contributed by atoms with Gasteiger partial charge in [-0.3, -0.25) is 14.8 Å². The van der Waals surface area contributed by atoms with Gasteiger partial charge in [0, 0.05) is 32.2 Å². The zero-order chi connectivity index (χ0) is 17.8. The highest BCUT2D eigenvalue weighted by atomic mass is 16.3. The minimum Gasteiger partial charge on any atom is -0.463 e. The standard InChI is InChI=1S/C20H22N4O2/c25-20(18-13-17(22-23-18)19-7-3-12-26-19)21-9-4-10-24-11-8-15-5-1-2-6-16(15)14-24/h1-3,5-7,12-13H,4,8-11,14H2,(H,21,25)(H,22,23). The van der Waals surface area contributed by atoms with E-state index in [0.717, 1.165) is 32.5 Å². The lowest BCUT2D eigenvalue weighted by molar-refractivity contribution is 0.0946. The quantitative estimate of drug-likeness (QED) is 0.671. The minimum atomic E-state index is -0.164. The molecule has 1 aliphatic heterocycles.